The molecule has 1 fully saturated rings. The van der Waals surface area contributed by atoms with Gasteiger partial charge in [0.15, 0.2) is 0 Å². The number of hydrogen-bond donors (Lipinski definition) is 0. The van der Waals surface area contributed by atoms with Crippen LogP contribution in [0.5, 0.6) is 0 Å². The Morgan fingerprint density at radius 2 is 1.47 bits per heavy atom. The molecule has 0 N–H and O–H groups in total. The molecule has 2 nitrogen and oxygen atoms in total. The zero-order valence-corrected chi connectivity index (χ0v) is 14.9. The minimum Gasteiger partial charge on any atom is -0.408 e. The van der Waals surface area contributed by atoms with Crippen LogP contribution in [0.4, 0.5) is 5.82 Å². The van der Waals surface area contributed by atoms with Gasteiger partial charge in [0.2, 0.25) is 0 Å². The molecule has 1 aromatic heterocycles. The first-order chi connectivity index (χ1) is 9.18. The lowest BCUT2D eigenvalue weighted by molar-refractivity contribution is 1.13. The summed E-state index contributed by atoms with van der Waals surface area (Å²) in [5, 5.41) is 0. The number of rotatable bonds is 5. The van der Waals surface area contributed by atoms with E-state index in [4.69, 9.17) is 4.98 Å². The standard InChI is InChI=1S/C15H28N2Si2/c1-5-18(6-2)13-14-19(7-3,8-4)17(18)15-11-9-10-12-16-15/h9-12H,5-8,13-14H2,1-4H3. The summed E-state index contributed by atoms with van der Waals surface area (Å²) in [6, 6.07) is 15.0. The summed E-state index contributed by atoms with van der Waals surface area (Å²) < 4.78 is 2.96. The van der Waals surface area contributed by atoms with Gasteiger partial charge in [0.25, 0.3) is 0 Å². The fraction of sp³-hybridized carbons (Fsp3) is 0.667. The highest BCUT2D eigenvalue weighted by Crippen LogP contribution is 2.47. The van der Waals surface area contributed by atoms with Crippen LogP contribution in [0.3, 0.4) is 0 Å². The van der Waals surface area contributed by atoms with E-state index < -0.39 is 16.5 Å². The normalized spacial score (nSPS) is 20.7. The topological polar surface area (TPSA) is 16.1 Å². The lowest BCUT2D eigenvalue weighted by Crippen LogP contribution is -2.60. The second-order valence-corrected chi connectivity index (χ2v) is 16.0. The van der Waals surface area contributed by atoms with Gasteiger partial charge in [0, 0.05) is 6.20 Å². The predicted molar refractivity (Wildman–Crippen MR) is 89.8 cm³/mol. The van der Waals surface area contributed by atoms with Crippen molar-refractivity contribution in [2.75, 3.05) is 4.23 Å². The molecule has 1 aliphatic heterocycles. The van der Waals surface area contributed by atoms with E-state index in [1.165, 1.54) is 42.1 Å². The van der Waals surface area contributed by atoms with E-state index in [-0.39, 0.29) is 0 Å². The Bertz CT molecular complexity index is 380. The molecule has 106 valence electrons. The van der Waals surface area contributed by atoms with Crippen LogP contribution in [0.15, 0.2) is 24.4 Å². The van der Waals surface area contributed by atoms with Gasteiger partial charge in [-0.25, -0.2) is 4.98 Å². The van der Waals surface area contributed by atoms with Crippen LogP contribution in [0.1, 0.15) is 27.7 Å². The fourth-order valence-corrected chi connectivity index (χ4v) is 19.7. The van der Waals surface area contributed by atoms with Crippen molar-refractivity contribution in [3.05, 3.63) is 24.4 Å². The van der Waals surface area contributed by atoms with Gasteiger partial charge in [0.05, 0.1) is 0 Å². The molecule has 0 radical (unpaired) electrons. The number of nitrogens with zero attached hydrogens (tertiary/aromatic N) is 2. The maximum atomic E-state index is 4.74. The molecule has 0 aliphatic carbocycles. The van der Waals surface area contributed by atoms with Crippen molar-refractivity contribution in [2.45, 2.75) is 64.0 Å². The van der Waals surface area contributed by atoms with Gasteiger partial charge >= 0.3 is 0 Å². The predicted octanol–water partition coefficient (Wildman–Crippen LogP) is 4.87. The molecule has 0 unspecified atom stereocenters. The molecule has 1 aliphatic rings. The van der Waals surface area contributed by atoms with Crippen LogP contribution in [0.25, 0.3) is 0 Å². The fourth-order valence-electron chi connectivity index (χ4n) is 4.00. The van der Waals surface area contributed by atoms with Crippen LogP contribution in [-0.4, -0.2) is 21.5 Å². The molecule has 0 bridgehead atoms. The highest BCUT2D eigenvalue weighted by Gasteiger charge is 2.54. The molecule has 19 heavy (non-hydrogen) atoms. The van der Waals surface area contributed by atoms with Crippen molar-refractivity contribution in [2.24, 2.45) is 0 Å². The second-order valence-electron chi connectivity index (χ2n) is 5.89. The Kier molecular flexibility index (Phi) is 4.51. The van der Waals surface area contributed by atoms with Gasteiger partial charge in [0.1, 0.15) is 22.3 Å². The monoisotopic (exact) mass is 292 g/mol. The quantitative estimate of drug-likeness (QED) is 0.720. The second kappa shape index (κ2) is 5.79. The molecule has 1 saturated heterocycles. The first-order valence-electron chi connectivity index (χ1n) is 7.89. The summed E-state index contributed by atoms with van der Waals surface area (Å²) >= 11 is 0. The number of hydrogen-bond acceptors (Lipinski definition) is 2. The Hall–Kier alpha value is -0.616. The molecular formula is C15H28N2Si2. The summed E-state index contributed by atoms with van der Waals surface area (Å²) in [6.45, 7) is 9.67. The molecule has 0 atom stereocenters. The van der Waals surface area contributed by atoms with E-state index in [2.05, 4.69) is 44.1 Å². The molecule has 2 rings (SSSR count). The van der Waals surface area contributed by atoms with Crippen LogP contribution in [0, 0.1) is 0 Å². The highest BCUT2D eigenvalue weighted by atomic mass is 28.4. The number of pyridine rings is 1. The lowest BCUT2D eigenvalue weighted by atomic mass is 10.5. The summed E-state index contributed by atoms with van der Waals surface area (Å²) in [6.07, 6.45) is 1.97. The summed E-state index contributed by atoms with van der Waals surface area (Å²) in [5.41, 5.74) is 0. The van der Waals surface area contributed by atoms with Gasteiger partial charge < -0.3 is 4.23 Å². The van der Waals surface area contributed by atoms with E-state index >= 15 is 0 Å². The van der Waals surface area contributed by atoms with Gasteiger partial charge in [-0.2, -0.15) is 0 Å². The van der Waals surface area contributed by atoms with E-state index in [9.17, 15) is 0 Å². The van der Waals surface area contributed by atoms with Gasteiger partial charge in [-0.1, -0.05) is 33.8 Å². The van der Waals surface area contributed by atoms with E-state index in [1.54, 1.807) is 0 Å². The van der Waals surface area contributed by atoms with E-state index in [0.717, 1.165) is 0 Å². The summed E-state index contributed by atoms with van der Waals surface area (Å²) in [7, 11) is -2.59. The van der Waals surface area contributed by atoms with E-state index in [1.807, 2.05) is 12.3 Å². The van der Waals surface area contributed by atoms with Crippen molar-refractivity contribution < 1.29 is 0 Å². The Balaban J connectivity index is 2.51. The first-order valence-corrected chi connectivity index (χ1v) is 13.0. The average molecular weight is 293 g/mol. The molecule has 0 saturated carbocycles. The minimum absolute atomic E-state index is 1.30. The van der Waals surface area contributed by atoms with Crippen molar-refractivity contribution in [3.8, 4) is 0 Å². The zero-order valence-electron chi connectivity index (χ0n) is 12.9. The Morgan fingerprint density at radius 1 is 0.947 bits per heavy atom. The zero-order chi connectivity index (χ0) is 13.9. The van der Waals surface area contributed by atoms with Crippen molar-refractivity contribution >= 4 is 22.3 Å². The van der Waals surface area contributed by atoms with Crippen molar-refractivity contribution in [1.82, 2.24) is 4.98 Å². The van der Waals surface area contributed by atoms with E-state index in [0.29, 0.717) is 0 Å². The maximum absolute atomic E-state index is 4.74. The lowest BCUT2D eigenvalue weighted by Gasteiger charge is -2.46. The number of aromatic nitrogens is 1. The van der Waals surface area contributed by atoms with Crippen LogP contribution in [0.2, 0.25) is 36.3 Å². The van der Waals surface area contributed by atoms with Gasteiger partial charge in [-0.15, -0.1) is 0 Å². The molecule has 0 amide bonds. The molecular weight excluding hydrogens is 264 g/mol. The smallest absolute Gasteiger partial charge is 0.148 e. The Morgan fingerprint density at radius 3 is 1.84 bits per heavy atom. The first kappa shape index (κ1) is 14.8. The summed E-state index contributed by atoms with van der Waals surface area (Å²) in [4.78, 5) is 4.74. The third-order valence-corrected chi connectivity index (χ3v) is 18.8. The molecule has 1 aromatic rings. The largest absolute Gasteiger partial charge is 0.408 e. The maximum Gasteiger partial charge on any atom is 0.148 e. The summed E-state index contributed by atoms with van der Waals surface area (Å²) in [5.74, 6) is 1.30. The highest BCUT2D eigenvalue weighted by molar-refractivity contribution is 7.06. The van der Waals surface area contributed by atoms with Crippen LogP contribution in [-0.2, 0) is 0 Å². The van der Waals surface area contributed by atoms with Crippen LogP contribution >= 0.6 is 0 Å². The molecule has 2 heterocycles. The average Bonchev–Trinajstić information content (AvgIpc) is 2.83. The SMILES string of the molecule is CC[Si]1(CC)CC[Si](CC)(CC)N1c1ccccn1. The third kappa shape index (κ3) is 2.29. The Labute approximate surface area is 120 Å². The van der Waals surface area contributed by atoms with Crippen molar-refractivity contribution in [3.63, 3.8) is 0 Å². The molecule has 0 spiro atoms. The molecule has 0 aromatic carbocycles. The van der Waals surface area contributed by atoms with Crippen LogP contribution < -0.4 is 4.23 Å². The minimum atomic E-state index is -1.30. The molecule has 4 heteroatoms. The number of anilines is 1. The van der Waals surface area contributed by atoms with Crippen molar-refractivity contribution in [1.29, 1.82) is 0 Å². The third-order valence-electron chi connectivity index (χ3n) is 5.52. The van der Waals surface area contributed by atoms with Gasteiger partial charge in [-0.05, 0) is 48.4 Å². The van der Waals surface area contributed by atoms with Gasteiger partial charge in [-0.3, -0.25) is 0 Å².